The van der Waals surface area contributed by atoms with E-state index in [0.717, 1.165) is 13.2 Å². The molecule has 1 aliphatic rings. The number of hydrogen-bond acceptors (Lipinski definition) is 9. The quantitative estimate of drug-likeness (QED) is 0.200. The Kier molecular flexibility index (Phi) is 8.43. The summed E-state index contributed by atoms with van der Waals surface area (Å²) in [5.41, 5.74) is 1.25. The molecule has 0 bridgehead atoms. The largest absolute Gasteiger partial charge is 0.469 e. The van der Waals surface area contributed by atoms with E-state index in [1.54, 1.807) is 6.20 Å². The molecule has 2 heterocycles. The van der Waals surface area contributed by atoms with Gasteiger partial charge in [-0.2, -0.15) is 5.10 Å². The van der Waals surface area contributed by atoms with Gasteiger partial charge in [0.1, 0.15) is 18.3 Å². The van der Waals surface area contributed by atoms with Crippen LogP contribution < -0.4 is 21.3 Å². The van der Waals surface area contributed by atoms with E-state index in [-0.39, 0.29) is 29.8 Å². The van der Waals surface area contributed by atoms with E-state index in [0.29, 0.717) is 28.8 Å². The van der Waals surface area contributed by atoms with E-state index >= 15 is 0 Å². The molecule has 0 saturated carbocycles. The lowest BCUT2D eigenvalue weighted by molar-refractivity contribution is -0.141. The Hall–Kier alpha value is -4.88. The Morgan fingerprint density at radius 1 is 1.26 bits per heavy atom. The van der Waals surface area contributed by atoms with Crippen LogP contribution in [0.15, 0.2) is 41.5 Å². The van der Waals surface area contributed by atoms with Crippen LogP contribution in [0.5, 0.6) is 0 Å². The summed E-state index contributed by atoms with van der Waals surface area (Å²) in [6.07, 6.45) is 0.565. The highest BCUT2D eigenvalue weighted by atomic mass is 19.1. The first kappa shape index (κ1) is 27.2. The number of aliphatic imine (C=N–C) groups is 1. The first-order valence-corrected chi connectivity index (χ1v) is 11.8. The molecule has 0 fully saturated rings. The molecule has 204 valence electrons. The van der Waals surface area contributed by atoms with Crippen molar-refractivity contribution in [1.29, 1.82) is 0 Å². The molecule has 0 radical (unpaired) electrons. The average molecular weight is 542 g/mol. The summed E-state index contributed by atoms with van der Waals surface area (Å²) in [5, 5.41) is 18.2. The topological polar surface area (TPSA) is 167 Å². The van der Waals surface area contributed by atoms with Crippen molar-refractivity contribution < 1.29 is 32.7 Å². The van der Waals surface area contributed by atoms with E-state index in [4.69, 9.17) is 0 Å². The molecule has 5 N–H and O–H groups in total. The van der Waals surface area contributed by atoms with E-state index in [1.165, 1.54) is 24.3 Å². The van der Waals surface area contributed by atoms with Crippen LogP contribution in [0.4, 0.5) is 14.5 Å². The number of alkyl halides is 1. The standard InChI is InChI=1S/C25H25F2N7O5/c1-39-23(37)7-20(16-4-13(12-35)2-3-18(16)27)32-22(36)11-28-24(38)14-5-19(17-10-31-34-21(17)6-14)33-25-29-8-15(26)9-30-25/h2-6,10,12,15,20H,7-9,11H2,1H3,(H,28,38)(H,31,34)(H,32,36)(H2,29,30,33)/t20-/m0/s1. The first-order valence-electron chi connectivity index (χ1n) is 11.8. The highest BCUT2D eigenvalue weighted by Crippen LogP contribution is 2.25. The van der Waals surface area contributed by atoms with Crippen molar-refractivity contribution in [3.05, 3.63) is 59.0 Å². The van der Waals surface area contributed by atoms with Gasteiger partial charge in [-0.1, -0.05) is 0 Å². The molecule has 12 nitrogen and oxygen atoms in total. The van der Waals surface area contributed by atoms with Gasteiger partial charge in [-0.05, 0) is 30.3 Å². The van der Waals surface area contributed by atoms with Crippen LogP contribution in [-0.4, -0.2) is 73.1 Å². The Balaban J connectivity index is 1.46. The number of carbonyl (C=O) groups excluding carboxylic acids is 4. The van der Waals surface area contributed by atoms with E-state index < -0.39 is 48.8 Å². The zero-order valence-corrected chi connectivity index (χ0v) is 20.7. The number of amides is 2. The molecular weight excluding hydrogens is 516 g/mol. The molecule has 2 atom stereocenters. The number of nitrogens with zero attached hydrogens (tertiary/aromatic N) is 2. The second-order valence-electron chi connectivity index (χ2n) is 8.63. The monoisotopic (exact) mass is 541 g/mol. The summed E-state index contributed by atoms with van der Waals surface area (Å²) in [7, 11) is 1.15. The second kappa shape index (κ2) is 12.1. The summed E-state index contributed by atoms with van der Waals surface area (Å²) < 4.78 is 32.5. The van der Waals surface area contributed by atoms with Crippen molar-refractivity contribution in [3.8, 4) is 0 Å². The molecule has 2 amide bonds. The third-order valence-electron chi connectivity index (χ3n) is 5.89. The van der Waals surface area contributed by atoms with Gasteiger partial charge in [-0.3, -0.25) is 24.3 Å². The zero-order valence-electron chi connectivity index (χ0n) is 20.7. The van der Waals surface area contributed by atoms with Gasteiger partial charge in [-0.15, -0.1) is 0 Å². The summed E-state index contributed by atoms with van der Waals surface area (Å²) in [5.74, 6) is -2.43. The number of aromatic amines is 1. The number of fused-ring (bicyclic) bond motifs is 1. The number of benzene rings is 2. The van der Waals surface area contributed by atoms with Crippen LogP contribution in [0.25, 0.3) is 10.9 Å². The number of aldehydes is 1. The lowest BCUT2D eigenvalue weighted by Crippen LogP contribution is -2.41. The fourth-order valence-corrected chi connectivity index (χ4v) is 3.91. The third kappa shape index (κ3) is 6.71. The molecule has 14 heteroatoms. The summed E-state index contributed by atoms with van der Waals surface area (Å²) in [6, 6.07) is 5.45. The number of anilines is 1. The average Bonchev–Trinajstić information content (AvgIpc) is 3.42. The van der Waals surface area contributed by atoms with Crippen LogP contribution in [-0.2, 0) is 14.3 Å². The third-order valence-corrected chi connectivity index (χ3v) is 5.89. The van der Waals surface area contributed by atoms with E-state index in [9.17, 15) is 28.0 Å². The molecule has 1 unspecified atom stereocenters. The van der Waals surface area contributed by atoms with Crippen molar-refractivity contribution in [1.82, 2.24) is 26.1 Å². The maximum atomic E-state index is 14.5. The fourth-order valence-electron chi connectivity index (χ4n) is 3.91. The fraction of sp³-hybridized carbons (Fsp3) is 0.280. The number of hydrogen-bond donors (Lipinski definition) is 5. The molecule has 39 heavy (non-hydrogen) atoms. The number of H-pyrrole nitrogens is 1. The van der Waals surface area contributed by atoms with Crippen LogP contribution in [0, 0.1) is 5.82 Å². The smallest absolute Gasteiger partial charge is 0.307 e. The van der Waals surface area contributed by atoms with Crippen molar-refractivity contribution in [2.75, 3.05) is 32.1 Å². The Bertz CT molecular complexity index is 1440. The van der Waals surface area contributed by atoms with Gasteiger partial charge in [-0.25, -0.2) is 13.8 Å². The maximum absolute atomic E-state index is 14.5. The van der Waals surface area contributed by atoms with Gasteiger partial charge < -0.3 is 26.0 Å². The lowest BCUT2D eigenvalue weighted by Gasteiger charge is -2.20. The van der Waals surface area contributed by atoms with E-state index in [2.05, 4.69) is 41.2 Å². The number of halogens is 2. The molecule has 0 aliphatic carbocycles. The lowest BCUT2D eigenvalue weighted by atomic mass is 10.0. The van der Waals surface area contributed by atoms with Crippen LogP contribution >= 0.6 is 0 Å². The minimum atomic E-state index is -1.15. The van der Waals surface area contributed by atoms with Crippen molar-refractivity contribution in [2.24, 2.45) is 4.99 Å². The zero-order chi connectivity index (χ0) is 27.9. The summed E-state index contributed by atoms with van der Waals surface area (Å²) in [4.78, 5) is 52.7. The minimum Gasteiger partial charge on any atom is -0.469 e. The number of nitrogens with one attached hydrogen (secondary N) is 5. The number of rotatable bonds is 9. The SMILES string of the molecule is COC(=O)C[C@H](NC(=O)CNC(=O)c1cc(NC2=NCC(F)CN2)c2cn[nH]c2c1)c1cc(C=O)ccc1F. The summed E-state index contributed by atoms with van der Waals surface area (Å²) in [6.45, 7) is -0.406. The molecule has 3 aromatic rings. The number of esters is 1. The Morgan fingerprint density at radius 3 is 2.79 bits per heavy atom. The number of guanidine groups is 1. The van der Waals surface area contributed by atoms with Crippen LogP contribution in [0.3, 0.4) is 0 Å². The van der Waals surface area contributed by atoms with Crippen molar-refractivity contribution in [2.45, 2.75) is 18.6 Å². The molecule has 1 aromatic heterocycles. The van der Waals surface area contributed by atoms with Gasteiger partial charge in [0.2, 0.25) is 5.91 Å². The van der Waals surface area contributed by atoms with Gasteiger partial charge >= 0.3 is 5.97 Å². The predicted molar refractivity (Wildman–Crippen MR) is 137 cm³/mol. The van der Waals surface area contributed by atoms with Gasteiger partial charge in [0.15, 0.2) is 5.96 Å². The maximum Gasteiger partial charge on any atom is 0.307 e. The van der Waals surface area contributed by atoms with E-state index in [1.807, 2.05) is 0 Å². The summed E-state index contributed by atoms with van der Waals surface area (Å²) >= 11 is 0. The highest BCUT2D eigenvalue weighted by Gasteiger charge is 2.23. The first-order chi connectivity index (χ1) is 18.8. The van der Waals surface area contributed by atoms with Gasteiger partial charge in [0.25, 0.3) is 5.91 Å². The number of carbonyl (C=O) groups is 4. The van der Waals surface area contributed by atoms with Gasteiger partial charge in [0, 0.05) is 22.1 Å². The molecular formula is C25H25F2N7O5. The minimum absolute atomic E-state index is 0.000534. The number of ether oxygens (including phenoxy) is 1. The second-order valence-corrected chi connectivity index (χ2v) is 8.63. The number of methoxy groups -OCH3 is 1. The molecule has 0 saturated heterocycles. The Labute approximate surface area is 220 Å². The molecule has 1 aliphatic heterocycles. The van der Waals surface area contributed by atoms with Crippen LogP contribution in [0.1, 0.15) is 38.7 Å². The van der Waals surface area contributed by atoms with Crippen molar-refractivity contribution in [3.63, 3.8) is 0 Å². The van der Waals surface area contributed by atoms with Gasteiger partial charge in [0.05, 0.1) is 56.6 Å². The molecule has 4 rings (SSSR count). The normalized spacial score (nSPS) is 15.5. The highest BCUT2D eigenvalue weighted by molar-refractivity contribution is 6.07. The number of aromatic nitrogens is 2. The predicted octanol–water partition coefficient (Wildman–Crippen LogP) is 1.37. The Morgan fingerprint density at radius 2 is 2.08 bits per heavy atom. The molecule has 2 aromatic carbocycles. The van der Waals surface area contributed by atoms with Crippen molar-refractivity contribution >= 4 is 46.6 Å². The molecule has 0 spiro atoms. The van der Waals surface area contributed by atoms with Crippen LogP contribution in [0.2, 0.25) is 0 Å².